The minimum absolute atomic E-state index is 0. The zero-order valence-electron chi connectivity index (χ0n) is 18.7. The first-order valence-electron chi connectivity index (χ1n) is 10.2. The van der Waals surface area contributed by atoms with E-state index in [1.165, 1.54) is 6.92 Å². The Balaban J connectivity index is 0.00000153. The average Bonchev–Trinajstić information content (AvgIpc) is 3.34. The fraction of sp³-hybridized carbons (Fsp3) is 0.192. The van der Waals surface area contributed by atoms with Gasteiger partial charge >= 0.3 is 0 Å². The molecule has 1 amide bonds. The van der Waals surface area contributed by atoms with Crippen LogP contribution in [0.5, 0.6) is 5.75 Å². The second-order valence-electron chi connectivity index (χ2n) is 8.12. The minimum atomic E-state index is -0.198. The van der Waals surface area contributed by atoms with Crippen molar-refractivity contribution < 1.29 is 47.4 Å². The molecule has 7 heteroatoms. The van der Waals surface area contributed by atoms with Crippen molar-refractivity contribution in [3.8, 4) is 5.75 Å². The fourth-order valence-electron chi connectivity index (χ4n) is 4.54. The molecule has 3 aromatic carbocycles. The van der Waals surface area contributed by atoms with E-state index < -0.39 is 0 Å². The number of aromatic hydroxyl groups is 1. The number of aromatic amines is 1. The van der Waals surface area contributed by atoms with E-state index in [-0.39, 0.29) is 68.9 Å². The van der Waals surface area contributed by atoms with Crippen molar-refractivity contribution >= 4 is 50.7 Å². The number of nitrogens with zero attached hydrogens (tertiary/aromatic N) is 1. The number of hydrogen-bond donors (Lipinski definition) is 2. The van der Waals surface area contributed by atoms with Crippen LogP contribution in [-0.4, -0.2) is 33.7 Å². The minimum Gasteiger partial charge on any atom is -0.507 e. The predicted octanol–water partition coefficient (Wildman–Crippen LogP) is 6.05. The van der Waals surface area contributed by atoms with Gasteiger partial charge in [-0.15, -0.1) is 11.6 Å². The van der Waals surface area contributed by atoms with Gasteiger partial charge in [-0.2, -0.15) is 0 Å². The number of rotatable bonds is 3. The molecule has 1 aromatic heterocycles. The topological polar surface area (TPSA) is 73.4 Å². The van der Waals surface area contributed by atoms with Gasteiger partial charge in [0.05, 0.1) is 5.69 Å². The Labute approximate surface area is 223 Å². The summed E-state index contributed by atoms with van der Waals surface area (Å²) in [4.78, 5) is 30.1. The summed E-state index contributed by atoms with van der Waals surface area (Å²) in [6.45, 7) is 3.88. The normalized spacial score (nSPS) is 15.6. The van der Waals surface area contributed by atoms with E-state index in [9.17, 15) is 14.7 Å². The molecule has 167 valence electrons. The maximum Gasteiger partial charge on any atom is 0.274 e. The summed E-state index contributed by atoms with van der Waals surface area (Å²) in [6.07, 6.45) is 0. The number of alkyl halides is 1. The summed E-state index contributed by atoms with van der Waals surface area (Å²) in [5.41, 5.74) is 3.49. The van der Waals surface area contributed by atoms with Crippen LogP contribution in [0.3, 0.4) is 0 Å². The molecule has 0 saturated heterocycles. The molecule has 0 spiro atoms. The molecule has 0 fully saturated rings. The summed E-state index contributed by atoms with van der Waals surface area (Å²) in [5, 5.41) is 12.9. The monoisotopic (exact) mass is 536 g/mol. The first-order chi connectivity index (χ1) is 14.8. The van der Waals surface area contributed by atoms with Crippen LogP contribution in [0.15, 0.2) is 54.6 Å². The van der Waals surface area contributed by atoms with E-state index in [4.69, 9.17) is 11.6 Å². The number of phenols is 1. The third kappa shape index (κ3) is 4.23. The number of halogens is 1. The Hall–Kier alpha value is -2.21. The third-order valence-electron chi connectivity index (χ3n) is 6.14. The molecule has 2 atom stereocenters. The summed E-state index contributed by atoms with van der Waals surface area (Å²) in [6, 6.07) is 16.4. The number of benzene rings is 3. The van der Waals surface area contributed by atoms with Gasteiger partial charge in [0.1, 0.15) is 11.4 Å². The van der Waals surface area contributed by atoms with Crippen LogP contribution in [0.4, 0.5) is 5.69 Å². The van der Waals surface area contributed by atoms with E-state index in [2.05, 4.69) is 4.98 Å². The molecule has 0 unspecified atom stereocenters. The number of H-pyrrole nitrogens is 1. The maximum atomic E-state index is 13.5. The molecule has 2 N–H and O–H groups in total. The van der Waals surface area contributed by atoms with Crippen LogP contribution in [-0.2, 0) is 32.7 Å². The molecule has 2 heterocycles. The van der Waals surface area contributed by atoms with Gasteiger partial charge in [0.2, 0.25) is 0 Å². The molecule has 0 aliphatic carbocycles. The van der Waals surface area contributed by atoms with Crippen molar-refractivity contribution in [3.63, 3.8) is 0 Å². The predicted molar refractivity (Wildman–Crippen MR) is 130 cm³/mol. The zero-order valence-corrected chi connectivity index (χ0v) is 22.3. The van der Waals surface area contributed by atoms with Gasteiger partial charge in [0, 0.05) is 78.5 Å². The molecule has 1 aliphatic heterocycles. The molecule has 1 aliphatic rings. The van der Waals surface area contributed by atoms with E-state index in [1.54, 1.807) is 29.2 Å². The zero-order chi connectivity index (χ0) is 21.9. The number of Topliss-reactive ketones (excluding diaryl/α,β-unsaturated/α-hetero) is 1. The van der Waals surface area contributed by atoms with Crippen LogP contribution < -0.4 is 4.90 Å². The summed E-state index contributed by atoms with van der Waals surface area (Å²) >= 11 is 6.54. The van der Waals surface area contributed by atoms with Crippen molar-refractivity contribution in [3.05, 3.63) is 78.8 Å². The number of phenolic OH excluding ortho intramolecular Hbond substituents is 1. The second kappa shape index (κ2) is 9.57. The fourth-order valence-corrected chi connectivity index (χ4v) is 4.75. The smallest absolute Gasteiger partial charge is 0.274 e. The van der Waals surface area contributed by atoms with Crippen LogP contribution in [0.25, 0.3) is 21.7 Å². The molecule has 33 heavy (non-hydrogen) atoms. The van der Waals surface area contributed by atoms with E-state index in [0.29, 0.717) is 23.5 Å². The number of carbonyl (C=O) groups is 2. The molecule has 5 rings (SSSR count). The Kier molecular flexibility index (Phi) is 7.37. The number of anilines is 1. The number of ketones is 1. The first-order valence-corrected chi connectivity index (χ1v) is 10.6. The quantitative estimate of drug-likeness (QED) is 0.190. The van der Waals surface area contributed by atoms with Crippen LogP contribution in [0.2, 0.25) is 0 Å². The van der Waals surface area contributed by atoms with Gasteiger partial charge < -0.3 is 22.4 Å². The number of amides is 1. The molecular formula is C26H24ClN2O3Y-. The van der Waals surface area contributed by atoms with Gasteiger partial charge in [-0.3, -0.25) is 9.59 Å². The number of carbonyl (C=O) groups excluding carboxylic acids is 2. The standard InChI is InChI=1S/C25H21ClN2O3.CH3.Y/c1-13(26)19-12-28(22-11-23(30)17-5-3-4-6-18(17)24(19)22)25(31)21-10-16-9-15(14(2)29)7-8-20(16)27-21;;/h3-11,13,19,27,30H,12H2,1-2H3;1H3;/q;-1;/t13-,19+;;/m1../s1. The summed E-state index contributed by atoms with van der Waals surface area (Å²) < 4.78 is 0. The third-order valence-corrected chi connectivity index (χ3v) is 6.44. The largest absolute Gasteiger partial charge is 0.507 e. The van der Waals surface area contributed by atoms with E-state index >= 15 is 0 Å². The Morgan fingerprint density at radius 2 is 1.82 bits per heavy atom. The van der Waals surface area contributed by atoms with Crippen LogP contribution in [0, 0.1) is 7.43 Å². The molecule has 4 aromatic rings. The molecule has 1 radical (unpaired) electrons. The van der Waals surface area contributed by atoms with Gasteiger partial charge in [0.15, 0.2) is 5.78 Å². The molecule has 0 bridgehead atoms. The summed E-state index contributed by atoms with van der Waals surface area (Å²) in [7, 11) is 0. The molecule has 0 saturated carbocycles. The second-order valence-corrected chi connectivity index (χ2v) is 8.80. The van der Waals surface area contributed by atoms with Crippen molar-refractivity contribution in [2.24, 2.45) is 0 Å². The van der Waals surface area contributed by atoms with Crippen molar-refractivity contribution in [1.29, 1.82) is 0 Å². The van der Waals surface area contributed by atoms with Crippen LogP contribution >= 0.6 is 11.6 Å². The Morgan fingerprint density at radius 1 is 1.12 bits per heavy atom. The number of hydrogen-bond acceptors (Lipinski definition) is 3. The Morgan fingerprint density at radius 3 is 2.48 bits per heavy atom. The number of aromatic nitrogens is 1. The van der Waals surface area contributed by atoms with E-state index in [0.717, 1.165) is 27.2 Å². The maximum absolute atomic E-state index is 13.5. The average molecular weight is 537 g/mol. The van der Waals surface area contributed by atoms with Crippen molar-refractivity contribution in [2.75, 3.05) is 11.4 Å². The van der Waals surface area contributed by atoms with Crippen LogP contribution in [0.1, 0.15) is 46.2 Å². The SMILES string of the molecule is CC(=O)c1ccc2[nH]c(C(=O)N3C[C@@H]([C@@H](C)Cl)c4c3cc(O)c3ccccc43)cc2c1.[CH3-].[Y]. The van der Waals surface area contributed by atoms with Gasteiger partial charge in [-0.1, -0.05) is 24.3 Å². The van der Waals surface area contributed by atoms with E-state index in [1.807, 2.05) is 37.3 Å². The van der Waals surface area contributed by atoms with Crippen molar-refractivity contribution in [1.82, 2.24) is 4.98 Å². The molecule has 5 nitrogen and oxygen atoms in total. The number of nitrogens with one attached hydrogen (secondary N) is 1. The van der Waals surface area contributed by atoms with Gasteiger partial charge in [-0.25, -0.2) is 0 Å². The Bertz CT molecular complexity index is 1380. The molecular weight excluding hydrogens is 513 g/mol. The van der Waals surface area contributed by atoms with Crippen molar-refractivity contribution in [2.45, 2.75) is 25.1 Å². The van der Waals surface area contributed by atoms with Gasteiger partial charge in [0.25, 0.3) is 5.91 Å². The van der Waals surface area contributed by atoms with Gasteiger partial charge in [-0.05, 0) is 49.1 Å². The first kappa shape index (κ1) is 25.4. The summed E-state index contributed by atoms with van der Waals surface area (Å²) in [5.74, 6) is -0.139. The number of fused-ring (bicyclic) bond motifs is 4.